The molecule has 5 rings (SSSR count). The molecule has 0 saturated carbocycles. The van der Waals surface area contributed by atoms with Crippen molar-refractivity contribution < 1.29 is 9.90 Å². The summed E-state index contributed by atoms with van der Waals surface area (Å²) in [5, 5.41) is 16.6. The molecule has 4 aliphatic rings. The monoisotopic (exact) mass is 437 g/mol. The van der Waals surface area contributed by atoms with E-state index < -0.39 is 5.54 Å². The van der Waals surface area contributed by atoms with Gasteiger partial charge < -0.3 is 20.6 Å². The van der Waals surface area contributed by atoms with Gasteiger partial charge in [0.05, 0.1) is 5.54 Å². The molecule has 3 N–H and O–H groups in total. The van der Waals surface area contributed by atoms with Gasteiger partial charge in [0, 0.05) is 24.1 Å². The van der Waals surface area contributed by atoms with E-state index in [1.807, 2.05) is 18.2 Å². The van der Waals surface area contributed by atoms with Gasteiger partial charge in [-0.2, -0.15) is 0 Å². The number of carbonyl (C=O) groups excluding carboxylic acids is 1. The number of aliphatic hydroxyl groups is 1. The molecule has 2 bridgehead atoms. The summed E-state index contributed by atoms with van der Waals surface area (Å²) in [5.41, 5.74) is 1.39. The van der Waals surface area contributed by atoms with Crippen molar-refractivity contribution in [2.24, 2.45) is 11.3 Å². The number of hydrogen-bond donors (Lipinski definition) is 3. The van der Waals surface area contributed by atoms with Crippen LogP contribution in [0, 0.1) is 11.3 Å². The van der Waals surface area contributed by atoms with Crippen LogP contribution in [0.15, 0.2) is 48.6 Å². The molecule has 174 valence electrons. The number of allylic oxidation sites excluding steroid dienone is 3. The molecule has 0 aromatic heterocycles. The maximum Gasteiger partial charge on any atom is 0.315 e. The molecule has 1 aromatic carbocycles. The lowest BCUT2D eigenvalue weighted by Crippen LogP contribution is -2.69. The van der Waals surface area contributed by atoms with E-state index in [0.717, 1.165) is 32.5 Å². The van der Waals surface area contributed by atoms with Crippen molar-refractivity contribution in [1.29, 1.82) is 0 Å². The minimum Gasteiger partial charge on any atom is -0.396 e. The van der Waals surface area contributed by atoms with Crippen LogP contribution in [0.1, 0.15) is 58.4 Å². The minimum atomic E-state index is -0.516. The summed E-state index contributed by atoms with van der Waals surface area (Å²) >= 11 is 0. The minimum absolute atomic E-state index is 0.0848. The summed E-state index contributed by atoms with van der Waals surface area (Å²) < 4.78 is 0. The first-order valence-electron chi connectivity index (χ1n) is 12.2. The zero-order valence-corrected chi connectivity index (χ0v) is 19.9. The van der Waals surface area contributed by atoms with Crippen LogP contribution in [-0.2, 0) is 0 Å². The summed E-state index contributed by atoms with van der Waals surface area (Å²) in [6, 6.07) is 10.3. The molecule has 5 heteroatoms. The van der Waals surface area contributed by atoms with Crippen LogP contribution in [0.25, 0.3) is 5.57 Å². The van der Waals surface area contributed by atoms with Gasteiger partial charge in [0.15, 0.2) is 0 Å². The van der Waals surface area contributed by atoms with Gasteiger partial charge in [-0.25, -0.2) is 4.79 Å². The van der Waals surface area contributed by atoms with E-state index in [0.29, 0.717) is 12.3 Å². The molecule has 0 spiro atoms. The highest BCUT2D eigenvalue weighted by atomic mass is 16.3. The Labute approximate surface area is 193 Å². The Kier molecular flexibility index (Phi) is 6.51. The second-order valence-electron chi connectivity index (χ2n) is 10.5. The Morgan fingerprint density at radius 1 is 1.22 bits per heavy atom. The summed E-state index contributed by atoms with van der Waals surface area (Å²) in [7, 11) is 0. The molecule has 2 amide bonds. The third kappa shape index (κ3) is 4.25. The van der Waals surface area contributed by atoms with E-state index >= 15 is 0 Å². The number of piperidine rings is 3. The van der Waals surface area contributed by atoms with E-state index in [1.165, 1.54) is 24.0 Å². The van der Waals surface area contributed by atoms with Crippen molar-refractivity contribution in [3.63, 3.8) is 0 Å². The van der Waals surface area contributed by atoms with Crippen LogP contribution in [0.5, 0.6) is 0 Å². The van der Waals surface area contributed by atoms with Gasteiger partial charge in [0.1, 0.15) is 0 Å². The smallest absolute Gasteiger partial charge is 0.315 e. The third-order valence-corrected chi connectivity index (χ3v) is 8.47. The topological polar surface area (TPSA) is 64.6 Å². The fourth-order valence-corrected chi connectivity index (χ4v) is 6.15. The first-order chi connectivity index (χ1) is 15.3. The predicted molar refractivity (Wildman–Crippen MR) is 130 cm³/mol. The van der Waals surface area contributed by atoms with Crippen LogP contribution in [-0.4, -0.2) is 53.4 Å². The third-order valence-electron chi connectivity index (χ3n) is 8.47. The van der Waals surface area contributed by atoms with Crippen LogP contribution < -0.4 is 10.6 Å². The quantitative estimate of drug-likeness (QED) is 0.594. The maximum atomic E-state index is 13.3. The van der Waals surface area contributed by atoms with E-state index in [1.54, 1.807) is 0 Å². The largest absolute Gasteiger partial charge is 0.396 e. The van der Waals surface area contributed by atoms with Crippen LogP contribution in [0.4, 0.5) is 4.79 Å². The summed E-state index contributed by atoms with van der Waals surface area (Å²) in [6.07, 6.45) is 11.3. The average Bonchev–Trinajstić information content (AvgIpc) is 2.80. The molecule has 3 saturated heterocycles. The SMILES string of the molecule is CCC1(NC(=O)NC(C)(C)C2(CCO)C=CC(c3ccccc3)=CC2)CN2CCC1CC2. The summed E-state index contributed by atoms with van der Waals surface area (Å²) in [5.74, 6) is 0.559. The van der Waals surface area contributed by atoms with Crippen LogP contribution in [0.2, 0.25) is 0 Å². The van der Waals surface area contributed by atoms with Crippen molar-refractivity contribution >= 4 is 11.6 Å². The maximum absolute atomic E-state index is 13.3. The second-order valence-corrected chi connectivity index (χ2v) is 10.5. The van der Waals surface area contributed by atoms with E-state index in [4.69, 9.17) is 0 Å². The fraction of sp³-hybridized carbons (Fsp3) is 0.593. The van der Waals surface area contributed by atoms with E-state index in [2.05, 4.69) is 66.7 Å². The summed E-state index contributed by atoms with van der Waals surface area (Å²) in [6.45, 7) is 9.71. The number of benzene rings is 1. The number of rotatable bonds is 7. The van der Waals surface area contributed by atoms with Gasteiger partial charge in [-0.15, -0.1) is 0 Å². The molecule has 0 radical (unpaired) electrons. The molecule has 5 nitrogen and oxygen atoms in total. The number of carbonyl (C=O) groups is 1. The van der Waals surface area contributed by atoms with Gasteiger partial charge in [-0.05, 0) is 76.1 Å². The van der Waals surface area contributed by atoms with Crippen molar-refractivity contribution in [3.05, 3.63) is 54.1 Å². The molecule has 2 unspecified atom stereocenters. The van der Waals surface area contributed by atoms with Crippen molar-refractivity contribution in [1.82, 2.24) is 15.5 Å². The van der Waals surface area contributed by atoms with Crippen molar-refractivity contribution in [2.75, 3.05) is 26.2 Å². The van der Waals surface area contributed by atoms with Gasteiger partial charge in [0.25, 0.3) is 0 Å². The molecule has 1 aliphatic carbocycles. The van der Waals surface area contributed by atoms with Gasteiger partial charge in [-0.3, -0.25) is 0 Å². The number of amides is 2. The normalized spacial score (nSPS) is 31.8. The highest BCUT2D eigenvalue weighted by molar-refractivity contribution is 5.77. The van der Waals surface area contributed by atoms with Crippen molar-refractivity contribution in [2.45, 2.75) is 64.0 Å². The number of urea groups is 1. The van der Waals surface area contributed by atoms with Crippen LogP contribution >= 0.6 is 0 Å². The van der Waals surface area contributed by atoms with Gasteiger partial charge >= 0.3 is 6.03 Å². The zero-order chi connectivity index (χ0) is 22.8. The van der Waals surface area contributed by atoms with Crippen molar-refractivity contribution in [3.8, 4) is 0 Å². The first-order valence-corrected chi connectivity index (χ1v) is 12.2. The van der Waals surface area contributed by atoms with E-state index in [9.17, 15) is 9.90 Å². The lowest BCUT2D eigenvalue weighted by molar-refractivity contribution is 0.00895. The highest BCUT2D eigenvalue weighted by Gasteiger charge is 2.48. The number of hydrogen-bond acceptors (Lipinski definition) is 3. The molecule has 32 heavy (non-hydrogen) atoms. The molecule has 1 aromatic rings. The number of nitrogens with one attached hydrogen (secondary N) is 2. The van der Waals surface area contributed by atoms with E-state index in [-0.39, 0.29) is 23.6 Å². The standard InChI is InChI=1S/C27H39N3O2/c1-4-27(20-30-17-12-23(27)13-18-30)29-24(32)28-25(2,3)26(16-19-31)14-10-22(11-15-26)21-8-6-5-7-9-21/h5-11,14,23,31H,4,12-13,15-20H2,1-3H3,(H2,28,29,32). The van der Waals surface area contributed by atoms with Crippen LogP contribution in [0.3, 0.4) is 0 Å². The second kappa shape index (κ2) is 9.03. The molecule has 3 aliphatic heterocycles. The predicted octanol–water partition coefficient (Wildman–Crippen LogP) is 4.35. The molecular formula is C27H39N3O2. The van der Waals surface area contributed by atoms with Gasteiger partial charge in [-0.1, -0.05) is 55.5 Å². The Bertz CT molecular complexity index is 870. The van der Waals surface area contributed by atoms with Gasteiger partial charge in [0.2, 0.25) is 0 Å². The summed E-state index contributed by atoms with van der Waals surface area (Å²) in [4.78, 5) is 15.8. The Morgan fingerprint density at radius 3 is 2.47 bits per heavy atom. The molecule has 3 fully saturated rings. The lowest BCUT2D eigenvalue weighted by atomic mass is 9.64. The first kappa shape index (κ1) is 23.1. The number of nitrogens with zero attached hydrogens (tertiary/aromatic N) is 1. The molecular weight excluding hydrogens is 398 g/mol. The Morgan fingerprint density at radius 2 is 1.94 bits per heavy atom. The zero-order valence-electron chi connectivity index (χ0n) is 19.9. The average molecular weight is 438 g/mol. The fourth-order valence-electron chi connectivity index (χ4n) is 6.15. The number of aliphatic hydroxyl groups excluding tert-OH is 1. The lowest BCUT2D eigenvalue weighted by Gasteiger charge is -2.54. The number of fused-ring (bicyclic) bond motifs is 3. The highest BCUT2D eigenvalue weighted by Crippen LogP contribution is 2.44. The molecule has 3 heterocycles. The molecule has 2 atom stereocenters. The Hall–Kier alpha value is -2.11. The Balaban J connectivity index is 1.49.